The van der Waals surface area contributed by atoms with E-state index in [0.717, 1.165) is 30.2 Å². The zero-order valence-corrected chi connectivity index (χ0v) is 16.4. The summed E-state index contributed by atoms with van der Waals surface area (Å²) in [6, 6.07) is 8.13. The van der Waals surface area contributed by atoms with Crippen LogP contribution in [0.3, 0.4) is 0 Å². The highest BCUT2D eigenvalue weighted by Gasteiger charge is 2.23. The van der Waals surface area contributed by atoms with Gasteiger partial charge in [0.15, 0.2) is 5.96 Å². The number of rotatable bonds is 7. The highest BCUT2D eigenvalue weighted by atomic mass is 35.5. The second-order valence-electron chi connectivity index (χ2n) is 6.43. The van der Waals surface area contributed by atoms with Crippen LogP contribution in [-0.4, -0.2) is 76.8 Å². The van der Waals surface area contributed by atoms with E-state index < -0.39 is 0 Å². The van der Waals surface area contributed by atoms with Gasteiger partial charge in [-0.25, -0.2) is 4.99 Å². The van der Waals surface area contributed by atoms with Crippen LogP contribution in [0.5, 0.6) is 0 Å². The van der Waals surface area contributed by atoms with Gasteiger partial charge in [0.25, 0.3) is 0 Å². The molecule has 1 heterocycles. The number of anilines is 1. The Bertz CT molecular complexity index is 623. The van der Waals surface area contributed by atoms with Crippen LogP contribution in [0.25, 0.3) is 0 Å². The molecular formula is C18H28ClN5O2. The van der Waals surface area contributed by atoms with E-state index in [1.807, 2.05) is 18.2 Å². The third kappa shape index (κ3) is 6.38. The molecule has 0 radical (unpaired) electrons. The molecule has 1 unspecified atom stereocenters. The molecule has 2 N–H and O–H groups in total. The largest absolute Gasteiger partial charge is 0.383 e. The van der Waals surface area contributed by atoms with E-state index in [4.69, 9.17) is 16.3 Å². The van der Waals surface area contributed by atoms with Gasteiger partial charge in [0.05, 0.1) is 6.61 Å². The quantitative estimate of drug-likeness (QED) is 0.422. The molecule has 1 aliphatic rings. The Morgan fingerprint density at radius 2 is 2.27 bits per heavy atom. The van der Waals surface area contributed by atoms with E-state index in [1.165, 1.54) is 4.90 Å². The molecule has 1 aromatic rings. The van der Waals surface area contributed by atoms with E-state index in [-0.39, 0.29) is 18.5 Å². The molecule has 26 heavy (non-hydrogen) atoms. The van der Waals surface area contributed by atoms with Gasteiger partial charge in [0, 0.05) is 57.6 Å². The molecule has 0 aliphatic carbocycles. The van der Waals surface area contributed by atoms with E-state index in [2.05, 4.69) is 26.6 Å². The Morgan fingerprint density at radius 3 is 2.96 bits per heavy atom. The van der Waals surface area contributed by atoms with Gasteiger partial charge in [-0.15, -0.1) is 0 Å². The summed E-state index contributed by atoms with van der Waals surface area (Å²) in [5, 5.41) is 7.37. The number of carbonyl (C=O) groups excluding carboxylic acids is 1. The van der Waals surface area contributed by atoms with Crippen molar-refractivity contribution in [2.24, 2.45) is 4.99 Å². The average Bonchev–Trinajstić information content (AvgIpc) is 3.08. The second-order valence-corrected chi connectivity index (χ2v) is 6.86. The number of nitrogens with zero attached hydrogens (tertiary/aromatic N) is 3. The average molecular weight is 382 g/mol. The molecule has 144 valence electrons. The minimum absolute atomic E-state index is 0.0372. The predicted octanol–water partition coefficient (Wildman–Crippen LogP) is 1.19. The summed E-state index contributed by atoms with van der Waals surface area (Å²) >= 11 is 6.09. The van der Waals surface area contributed by atoms with Crippen LogP contribution in [0.1, 0.15) is 6.42 Å². The van der Waals surface area contributed by atoms with Gasteiger partial charge in [-0.05, 0) is 24.6 Å². The van der Waals surface area contributed by atoms with Crippen molar-refractivity contribution in [3.63, 3.8) is 0 Å². The lowest BCUT2D eigenvalue weighted by atomic mass is 10.2. The maximum atomic E-state index is 11.8. The first-order valence-electron chi connectivity index (χ1n) is 8.74. The maximum Gasteiger partial charge on any atom is 0.243 e. The molecule has 0 spiro atoms. The summed E-state index contributed by atoms with van der Waals surface area (Å²) in [5.41, 5.74) is 1.12. The van der Waals surface area contributed by atoms with Crippen molar-refractivity contribution < 1.29 is 9.53 Å². The lowest BCUT2D eigenvalue weighted by Gasteiger charge is -2.21. The minimum Gasteiger partial charge on any atom is -0.383 e. The van der Waals surface area contributed by atoms with E-state index in [0.29, 0.717) is 19.1 Å². The normalized spacial score (nSPS) is 17.3. The van der Waals surface area contributed by atoms with Crippen molar-refractivity contribution >= 4 is 29.2 Å². The Labute approximate surface area is 160 Å². The van der Waals surface area contributed by atoms with E-state index >= 15 is 0 Å². The van der Waals surface area contributed by atoms with Crippen LogP contribution in [0, 0.1) is 0 Å². The van der Waals surface area contributed by atoms with Crippen LogP contribution >= 0.6 is 11.6 Å². The van der Waals surface area contributed by atoms with Crippen molar-refractivity contribution in [2.45, 2.75) is 12.5 Å². The molecule has 0 bridgehead atoms. The van der Waals surface area contributed by atoms with E-state index in [9.17, 15) is 4.79 Å². The summed E-state index contributed by atoms with van der Waals surface area (Å²) in [6.07, 6.45) is 0.985. The summed E-state index contributed by atoms with van der Waals surface area (Å²) in [6.45, 7) is 3.11. The number of halogens is 1. The fourth-order valence-electron chi connectivity index (χ4n) is 2.69. The van der Waals surface area contributed by atoms with Crippen molar-refractivity contribution in [1.29, 1.82) is 0 Å². The molecule has 1 aromatic carbocycles. The van der Waals surface area contributed by atoms with E-state index in [1.54, 1.807) is 21.2 Å². The minimum atomic E-state index is -0.0372. The summed E-state index contributed by atoms with van der Waals surface area (Å²) in [4.78, 5) is 20.0. The molecule has 1 amide bonds. The molecule has 7 nitrogen and oxygen atoms in total. The lowest BCUT2D eigenvalue weighted by molar-refractivity contribution is -0.127. The first-order chi connectivity index (χ1) is 12.5. The number of hydrogen-bond acceptors (Lipinski definition) is 4. The molecule has 8 heteroatoms. The van der Waals surface area contributed by atoms with Gasteiger partial charge < -0.3 is 25.2 Å². The summed E-state index contributed by atoms with van der Waals surface area (Å²) in [7, 11) is 5.10. The number of hydrogen-bond donors (Lipinski definition) is 2. The van der Waals surface area contributed by atoms with Crippen molar-refractivity contribution in [3.05, 3.63) is 29.3 Å². The monoisotopic (exact) mass is 381 g/mol. The third-order valence-electron chi connectivity index (χ3n) is 4.17. The number of amides is 1. The Morgan fingerprint density at radius 1 is 1.46 bits per heavy atom. The zero-order valence-electron chi connectivity index (χ0n) is 15.7. The second kappa shape index (κ2) is 10.2. The predicted molar refractivity (Wildman–Crippen MR) is 106 cm³/mol. The van der Waals surface area contributed by atoms with Crippen LogP contribution in [0.15, 0.2) is 29.3 Å². The highest BCUT2D eigenvalue weighted by molar-refractivity contribution is 6.30. The standard InChI is InChI=1S/C18H28ClN5O2/c1-23(2)17(25)12-21-18(20-8-10-26-3)22-15-7-9-24(13-15)16-6-4-5-14(19)11-16/h4-6,11,15H,7-10,12-13H2,1-3H3,(H2,20,21,22). The first kappa shape index (κ1) is 20.3. The Hall–Kier alpha value is -1.99. The van der Waals surface area contributed by atoms with Crippen molar-refractivity contribution in [1.82, 2.24) is 15.5 Å². The number of ether oxygens (including phenoxy) is 1. The molecule has 1 atom stereocenters. The third-order valence-corrected chi connectivity index (χ3v) is 4.41. The maximum absolute atomic E-state index is 11.8. The SMILES string of the molecule is COCCNC(=NCC(=O)N(C)C)NC1CCN(c2cccc(Cl)c2)C1. The molecule has 0 saturated carbocycles. The lowest BCUT2D eigenvalue weighted by Crippen LogP contribution is -2.46. The molecule has 1 saturated heterocycles. The van der Waals surface area contributed by atoms with Gasteiger partial charge in [0.1, 0.15) is 6.54 Å². The fraction of sp³-hybridized carbons (Fsp3) is 0.556. The molecule has 2 rings (SSSR count). The van der Waals surface area contributed by atoms with Crippen LogP contribution < -0.4 is 15.5 Å². The number of benzene rings is 1. The van der Waals surface area contributed by atoms with Gasteiger partial charge in [-0.3, -0.25) is 4.79 Å². The van der Waals surface area contributed by atoms with Crippen molar-refractivity contribution in [2.75, 3.05) is 58.9 Å². The number of nitrogens with one attached hydrogen (secondary N) is 2. The molecular weight excluding hydrogens is 354 g/mol. The van der Waals surface area contributed by atoms with Gasteiger partial charge in [-0.2, -0.15) is 0 Å². The van der Waals surface area contributed by atoms with Gasteiger partial charge >= 0.3 is 0 Å². The smallest absolute Gasteiger partial charge is 0.243 e. The first-order valence-corrected chi connectivity index (χ1v) is 9.12. The van der Waals surface area contributed by atoms with Crippen LogP contribution in [0.2, 0.25) is 5.02 Å². The Kier molecular flexibility index (Phi) is 8.00. The fourth-order valence-corrected chi connectivity index (χ4v) is 2.88. The Balaban J connectivity index is 1.94. The van der Waals surface area contributed by atoms with Crippen molar-refractivity contribution in [3.8, 4) is 0 Å². The van der Waals surface area contributed by atoms with Crippen LogP contribution in [0.4, 0.5) is 5.69 Å². The summed E-state index contributed by atoms with van der Waals surface area (Å²) in [5.74, 6) is 0.597. The summed E-state index contributed by atoms with van der Waals surface area (Å²) < 4.78 is 5.07. The molecule has 1 fully saturated rings. The topological polar surface area (TPSA) is 69.2 Å². The number of carbonyl (C=O) groups is 1. The number of likely N-dealkylation sites (N-methyl/N-ethyl adjacent to an activating group) is 1. The number of methoxy groups -OCH3 is 1. The van der Waals surface area contributed by atoms with Gasteiger partial charge in [0.2, 0.25) is 5.91 Å². The highest BCUT2D eigenvalue weighted by Crippen LogP contribution is 2.23. The molecule has 0 aromatic heterocycles. The van der Waals surface area contributed by atoms with Crippen LogP contribution in [-0.2, 0) is 9.53 Å². The number of aliphatic imine (C=N–C) groups is 1. The number of guanidine groups is 1. The zero-order chi connectivity index (χ0) is 18.9. The molecule has 1 aliphatic heterocycles. The van der Waals surface area contributed by atoms with Gasteiger partial charge in [-0.1, -0.05) is 17.7 Å².